The standard InChI is InChI=1S/C20H14ClN3O4/c21-16-6-7-18(24(27)28)17(12-16)22-19(25)13-23-10-8-15(9-11-23)20(26)14-4-2-1-3-5-14/h1-12H,13H2/p+1. The first kappa shape index (κ1) is 19.2. The van der Waals surface area contributed by atoms with Crippen LogP contribution in [0.5, 0.6) is 0 Å². The number of carbonyl (C=O) groups excluding carboxylic acids is 2. The van der Waals surface area contributed by atoms with Gasteiger partial charge in [-0.3, -0.25) is 19.7 Å². The van der Waals surface area contributed by atoms with Crippen LogP contribution >= 0.6 is 11.6 Å². The van der Waals surface area contributed by atoms with E-state index in [4.69, 9.17) is 11.6 Å². The van der Waals surface area contributed by atoms with Crippen LogP contribution in [-0.4, -0.2) is 16.6 Å². The largest absolute Gasteiger partial charge is 0.315 e. The summed E-state index contributed by atoms with van der Waals surface area (Å²) in [7, 11) is 0. The Morgan fingerprint density at radius 2 is 1.64 bits per heavy atom. The lowest BCUT2D eigenvalue weighted by atomic mass is 10.0. The van der Waals surface area contributed by atoms with Crippen LogP contribution in [-0.2, 0) is 11.3 Å². The van der Waals surface area contributed by atoms with Crippen LogP contribution < -0.4 is 9.88 Å². The lowest BCUT2D eigenvalue weighted by Gasteiger charge is -2.05. The van der Waals surface area contributed by atoms with Crippen molar-refractivity contribution < 1.29 is 19.1 Å². The van der Waals surface area contributed by atoms with Crippen LogP contribution in [0, 0.1) is 10.1 Å². The maximum absolute atomic E-state index is 12.4. The molecular formula is C20H15ClN3O4+. The van der Waals surface area contributed by atoms with Gasteiger partial charge in [0.1, 0.15) is 5.69 Å². The number of rotatable bonds is 6. The first-order chi connectivity index (χ1) is 13.4. The summed E-state index contributed by atoms with van der Waals surface area (Å²) in [6.07, 6.45) is 3.20. The topological polar surface area (TPSA) is 93.2 Å². The van der Waals surface area contributed by atoms with E-state index in [1.54, 1.807) is 53.4 Å². The lowest BCUT2D eigenvalue weighted by Crippen LogP contribution is -2.39. The van der Waals surface area contributed by atoms with Gasteiger partial charge in [0.25, 0.3) is 11.6 Å². The summed E-state index contributed by atoms with van der Waals surface area (Å²) in [6, 6.07) is 16.0. The quantitative estimate of drug-likeness (QED) is 0.299. The molecule has 28 heavy (non-hydrogen) atoms. The van der Waals surface area contributed by atoms with Crippen molar-refractivity contribution in [1.29, 1.82) is 0 Å². The van der Waals surface area contributed by atoms with Gasteiger partial charge >= 0.3 is 0 Å². The molecule has 3 aromatic rings. The Morgan fingerprint density at radius 3 is 2.29 bits per heavy atom. The molecule has 140 valence electrons. The van der Waals surface area contributed by atoms with E-state index >= 15 is 0 Å². The summed E-state index contributed by atoms with van der Waals surface area (Å²) in [5.74, 6) is -0.579. The van der Waals surface area contributed by atoms with E-state index in [0.29, 0.717) is 11.1 Å². The van der Waals surface area contributed by atoms with E-state index in [0.717, 1.165) is 0 Å². The second kappa shape index (κ2) is 8.41. The van der Waals surface area contributed by atoms with Gasteiger partial charge in [-0.1, -0.05) is 41.9 Å². The van der Waals surface area contributed by atoms with Crippen LogP contribution in [0.1, 0.15) is 15.9 Å². The fourth-order valence-electron chi connectivity index (χ4n) is 2.59. The number of amides is 1. The molecule has 0 aliphatic carbocycles. The maximum Gasteiger partial charge on any atom is 0.292 e. The van der Waals surface area contributed by atoms with E-state index in [2.05, 4.69) is 5.32 Å². The monoisotopic (exact) mass is 396 g/mol. The summed E-state index contributed by atoms with van der Waals surface area (Å²) < 4.78 is 1.56. The number of nitrogens with one attached hydrogen (secondary N) is 1. The molecule has 0 bridgehead atoms. The summed E-state index contributed by atoms with van der Waals surface area (Å²) in [5, 5.41) is 13.8. The Hall–Kier alpha value is -3.58. The van der Waals surface area contributed by atoms with Gasteiger partial charge in [0.05, 0.1) is 4.92 Å². The Bertz CT molecular complexity index is 1040. The molecule has 0 saturated heterocycles. The van der Waals surface area contributed by atoms with E-state index in [1.165, 1.54) is 18.2 Å². The number of ketones is 1. The second-order valence-electron chi connectivity index (χ2n) is 5.92. The van der Waals surface area contributed by atoms with Gasteiger partial charge in [-0.2, -0.15) is 4.57 Å². The van der Waals surface area contributed by atoms with E-state index < -0.39 is 10.8 Å². The third kappa shape index (κ3) is 4.57. The SMILES string of the molecule is O=C(C[n+]1ccc(C(=O)c2ccccc2)cc1)Nc1cc(Cl)ccc1[N+](=O)[O-]. The molecular weight excluding hydrogens is 382 g/mol. The Balaban J connectivity index is 1.69. The van der Waals surface area contributed by atoms with Gasteiger partial charge in [0, 0.05) is 34.3 Å². The number of anilines is 1. The summed E-state index contributed by atoms with van der Waals surface area (Å²) in [6.45, 7) is -0.0799. The van der Waals surface area contributed by atoms with Crippen molar-refractivity contribution in [2.24, 2.45) is 0 Å². The molecule has 8 heteroatoms. The molecule has 7 nitrogen and oxygen atoms in total. The maximum atomic E-state index is 12.4. The van der Waals surface area contributed by atoms with Gasteiger partial charge in [0.2, 0.25) is 6.54 Å². The number of halogens is 1. The number of aromatic nitrogens is 1. The molecule has 0 radical (unpaired) electrons. The minimum Gasteiger partial charge on any atom is -0.315 e. The molecule has 1 heterocycles. The smallest absolute Gasteiger partial charge is 0.292 e. The van der Waals surface area contributed by atoms with Gasteiger partial charge < -0.3 is 5.32 Å². The first-order valence-electron chi connectivity index (χ1n) is 8.26. The number of nitro groups is 1. The summed E-state index contributed by atoms with van der Waals surface area (Å²) >= 11 is 5.85. The molecule has 0 spiro atoms. The first-order valence-corrected chi connectivity index (χ1v) is 8.64. The molecule has 0 atom stereocenters. The number of carbonyl (C=O) groups is 2. The predicted octanol–water partition coefficient (Wildman–Crippen LogP) is 3.41. The highest BCUT2D eigenvalue weighted by Gasteiger charge is 2.18. The molecule has 1 N–H and O–H groups in total. The zero-order chi connectivity index (χ0) is 20.1. The van der Waals surface area contributed by atoms with Crippen LogP contribution in [0.4, 0.5) is 11.4 Å². The fourth-order valence-corrected chi connectivity index (χ4v) is 2.77. The van der Waals surface area contributed by atoms with Crippen molar-refractivity contribution in [3.8, 4) is 0 Å². The molecule has 1 aromatic heterocycles. The lowest BCUT2D eigenvalue weighted by molar-refractivity contribution is -0.684. The number of pyridine rings is 1. The minimum absolute atomic E-state index is 0.0268. The van der Waals surface area contributed by atoms with Crippen molar-refractivity contribution in [2.75, 3.05) is 5.32 Å². The average Bonchev–Trinajstić information content (AvgIpc) is 2.68. The third-order valence-electron chi connectivity index (χ3n) is 3.94. The van der Waals surface area contributed by atoms with Crippen molar-refractivity contribution in [2.45, 2.75) is 6.54 Å². The van der Waals surface area contributed by atoms with Gasteiger partial charge in [0.15, 0.2) is 18.2 Å². The summed E-state index contributed by atoms with van der Waals surface area (Å²) in [5.41, 5.74) is 0.852. The number of nitro benzene ring substituents is 1. The van der Waals surface area contributed by atoms with Gasteiger partial charge in [-0.05, 0) is 12.1 Å². The van der Waals surface area contributed by atoms with Crippen LogP contribution in [0.25, 0.3) is 0 Å². The zero-order valence-electron chi connectivity index (χ0n) is 14.5. The van der Waals surface area contributed by atoms with E-state index in [1.807, 2.05) is 6.07 Å². The Labute approximate surface area is 165 Å². The molecule has 0 saturated carbocycles. The number of benzene rings is 2. The Morgan fingerprint density at radius 1 is 1.00 bits per heavy atom. The van der Waals surface area contributed by atoms with E-state index in [-0.39, 0.29) is 28.7 Å². The Kier molecular flexibility index (Phi) is 5.76. The molecule has 1 amide bonds. The van der Waals surface area contributed by atoms with Crippen molar-refractivity contribution in [3.63, 3.8) is 0 Å². The van der Waals surface area contributed by atoms with E-state index in [9.17, 15) is 19.7 Å². The molecule has 0 unspecified atom stereocenters. The molecule has 0 aliphatic rings. The third-order valence-corrected chi connectivity index (χ3v) is 4.18. The number of hydrogen-bond acceptors (Lipinski definition) is 4. The predicted molar refractivity (Wildman–Crippen MR) is 103 cm³/mol. The average molecular weight is 397 g/mol. The van der Waals surface area contributed by atoms with Gasteiger partial charge in [-0.25, -0.2) is 0 Å². The van der Waals surface area contributed by atoms with Crippen LogP contribution in [0.2, 0.25) is 5.02 Å². The van der Waals surface area contributed by atoms with Crippen LogP contribution in [0.15, 0.2) is 73.1 Å². The minimum atomic E-state index is -0.594. The fraction of sp³-hybridized carbons (Fsp3) is 0.0500. The highest BCUT2D eigenvalue weighted by atomic mass is 35.5. The second-order valence-corrected chi connectivity index (χ2v) is 6.36. The normalized spacial score (nSPS) is 10.3. The zero-order valence-corrected chi connectivity index (χ0v) is 15.3. The highest BCUT2D eigenvalue weighted by molar-refractivity contribution is 6.31. The molecule has 0 aliphatic heterocycles. The highest BCUT2D eigenvalue weighted by Crippen LogP contribution is 2.27. The van der Waals surface area contributed by atoms with Crippen LogP contribution in [0.3, 0.4) is 0 Å². The molecule has 0 fully saturated rings. The van der Waals surface area contributed by atoms with Crippen molar-refractivity contribution in [1.82, 2.24) is 0 Å². The number of nitrogens with zero attached hydrogens (tertiary/aromatic N) is 2. The van der Waals surface area contributed by atoms with Crippen molar-refractivity contribution in [3.05, 3.63) is 99.3 Å². The summed E-state index contributed by atoms with van der Waals surface area (Å²) in [4.78, 5) is 35.1. The molecule has 3 rings (SSSR count). The van der Waals surface area contributed by atoms with Crippen molar-refractivity contribution >= 4 is 34.7 Å². The van der Waals surface area contributed by atoms with Gasteiger partial charge in [-0.15, -0.1) is 0 Å². The number of hydrogen-bond donors (Lipinski definition) is 1. The molecule has 2 aromatic carbocycles.